The molecule has 5 heteroatoms. The summed E-state index contributed by atoms with van der Waals surface area (Å²) >= 11 is 0. The zero-order chi connectivity index (χ0) is 13.2. The molecule has 0 bridgehead atoms. The van der Waals surface area contributed by atoms with Gasteiger partial charge in [0.1, 0.15) is 0 Å². The second-order valence-electron chi connectivity index (χ2n) is 3.86. The summed E-state index contributed by atoms with van der Waals surface area (Å²) in [5.41, 5.74) is 0.345. The van der Waals surface area contributed by atoms with E-state index in [0.29, 0.717) is 0 Å². The fourth-order valence-electron chi connectivity index (χ4n) is 1.34. The SMILES string of the molecule is CC(=O)c1cc(C(=O)O)cc(C(=O)N(C)C)c1. The maximum atomic E-state index is 11.7. The predicted molar refractivity (Wildman–Crippen MR) is 61.4 cm³/mol. The van der Waals surface area contributed by atoms with Crippen molar-refractivity contribution in [1.29, 1.82) is 0 Å². The standard InChI is InChI=1S/C12H13NO4/c1-7(14)8-4-9(11(15)13(2)3)6-10(5-8)12(16)17/h4-6H,1-3H3,(H,16,17). The second-order valence-corrected chi connectivity index (χ2v) is 3.86. The van der Waals surface area contributed by atoms with Crippen LogP contribution in [0.4, 0.5) is 0 Å². The molecule has 1 amide bonds. The first-order valence-electron chi connectivity index (χ1n) is 4.94. The van der Waals surface area contributed by atoms with E-state index in [1.807, 2.05) is 0 Å². The molecule has 0 heterocycles. The Morgan fingerprint density at radius 3 is 1.88 bits per heavy atom. The number of nitrogens with zero attached hydrogens (tertiary/aromatic N) is 1. The minimum Gasteiger partial charge on any atom is -0.478 e. The van der Waals surface area contributed by atoms with Crippen LogP contribution in [0.1, 0.15) is 38.0 Å². The number of carboxylic acid groups (broad SMARTS) is 1. The summed E-state index contributed by atoms with van der Waals surface area (Å²) in [5.74, 6) is -1.78. The molecule has 1 aromatic carbocycles. The second kappa shape index (κ2) is 4.78. The van der Waals surface area contributed by atoms with E-state index in [1.165, 1.54) is 30.0 Å². The van der Waals surface area contributed by atoms with Crippen molar-refractivity contribution >= 4 is 17.7 Å². The molecular formula is C12H13NO4. The molecular weight excluding hydrogens is 222 g/mol. The number of carboxylic acids is 1. The smallest absolute Gasteiger partial charge is 0.335 e. The van der Waals surface area contributed by atoms with Crippen LogP contribution in [-0.2, 0) is 0 Å². The average Bonchev–Trinajstić information content (AvgIpc) is 2.27. The third-order valence-electron chi connectivity index (χ3n) is 2.24. The Bertz CT molecular complexity index is 459. The Labute approximate surface area is 98.7 Å². The van der Waals surface area contributed by atoms with Crippen LogP contribution in [0.5, 0.6) is 0 Å². The highest BCUT2D eigenvalue weighted by atomic mass is 16.4. The number of carbonyl (C=O) groups is 3. The monoisotopic (exact) mass is 235 g/mol. The Kier molecular flexibility index (Phi) is 3.62. The molecule has 0 saturated carbocycles. The summed E-state index contributed by atoms with van der Waals surface area (Å²) in [6.45, 7) is 1.32. The molecule has 0 radical (unpaired) electrons. The van der Waals surface area contributed by atoms with Crippen LogP contribution in [0.15, 0.2) is 18.2 Å². The third kappa shape index (κ3) is 2.90. The fourth-order valence-corrected chi connectivity index (χ4v) is 1.34. The van der Waals surface area contributed by atoms with Crippen LogP contribution < -0.4 is 0 Å². The lowest BCUT2D eigenvalue weighted by Gasteiger charge is -2.11. The molecule has 0 aromatic heterocycles. The van der Waals surface area contributed by atoms with Crippen LogP contribution in [0.3, 0.4) is 0 Å². The molecule has 0 fully saturated rings. The van der Waals surface area contributed by atoms with Gasteiger partial charge in [0.05, 0.1) is 5.56 Å². The molecule has 0 aliphatic carbocycles. The third-order valence-corrected chi connectivity index (χ3v) is 2.24. The van der Waals surface area contributed by atoms with Crippen LogP contribution in [0, 0.1) is 0 Å². The zero-order valence-corrected chi connectivity index (χ0v) is 9.85. The number of hydrogen-bond donors (Lipinski definition) is 1. The molecule has 1 rings (SSSR count). The zero-order valence-electron chi connectivity index (χ0n) is 9.85. The number of hydrogen-bond acceptors (Lipinski definition) is 3. The molecule has 5 nitrogen and oxygen atoms in total. The lowest BCUT2D eigenvalue weighted by molar-refractivity contribution is 0.0697. The van der Waals surface area contributed by atoms with Crippen molar-refractivity contribution in [2.75, 3.05) is 14.1 Å². The Morgan fingerprint density at radius 2 is 1.47 bits per heavy atom. The van der Waals surface area contributed by atoms with Gasteiger partial charge in [0.25, 0.3) is 5.91 Å². The van der Waals surface area contributed by atoms with Gasteiger partial charge in [-0.25, -0.2) is 4.79 Å². The Balaban J connectivity index is 3.36. The van der Waals surface area contributed by atoms with Gasteiger partial charge in [0, 0.05) is 25.2 Å². The number of amides is 1. The lowest BCUT2D eigenvalue weighted by Crippen LogP contribution is -2.22. The molecule has 0 saturated heterocycles. The number of rotatable bonds is 3. The molecule has 1 N–H and O–H groups in total. The van der Waals surface area contributed by atoms with Crippen LogP contribution in [-0.4, -0.2) is 41.8 Å². The average molecular weight is 235 g/mol. The normalized spacial score (nSPS) is 9.82. The molecule has 0 atom stereocenters. The first kappa shape index (κ1) is 12.9. The van der Waals surface area contributed by atoms with Gasteiger partial charge in [-0.2, -0.15) is 0 Å². The molecule has 0 aliphatic rings. The van der Waals surface area contributed by atoms with Gasteiger partial charge < -0.3 is 10.0 Å². The molecule has 0 spiro atoms. The minimum atomic E-state index is -1.17. The Hall–Kier alpha value is -2.17. The van der Waals surface area contributed by atoms with Gasteiger partial charge >= 0.3 is 5.97 Å². The first-order valence-corrected chi connectivity index (χ1v) is 4.94. The summed E-state index contributed by atoms with van der Waals surface area (Å²) in [6, 6.07) is 3.92. The largest absolute Gasteiger partial charge is 0.478 e. The minimum absolute atomic E-state index is 0.0668. The highest BCUT2D eigenvalue weighted by Crippen LogP contribution is 2.13. The van der Waals surface area contributed by atoms with Crippen molar-refractivity contribution in [1.82, 2.24) is 4.90 Å². The highest BCUT2D eigenvalue weighted by Gasteiger charge is 2.15. The summed E-state index contributed by atoms with van der Waals surface area (Å²) in [4.78, 5) is 35.2. The van der Waals surface area contributed by atoms with E-state index in [2.05, 4.69) is 0 Å². The van der Waals surface area contributed by atoms with Crippen molar-refractivity contribution < 1.29 is 19.5 Å². The van der Waals surface area contributed by atoms with Gasteiger partial charge in [-0.1, -0.05) is 0 Å². The van der Waals surface area contributed by atoms with E-state index in [4.69, 9.17) is 5.11 Å². The van der Waals surface area contributed by atoms with Crippen LogP contribution in [0.2, 0.25) is 0 Å². The maximum absolute atomic E-state index is 11.7. The maximum Gasteiger partial charge on any atom is 0.335 e. The number of ketones is 1. The summed E-state index contributed by atoms with van der Waals surface area (Å²) in [7, 11) is 3.12. The van der Waals surface area contributed by atoms with Crippen LogP contribution in [0.25, 0.3) is 0 Å². The highest BCUT2D eigenvalue weighted by molar-refractivity contribution is 6.02. The van der Waals surface area contributed by atoms with Crippen molar-refractivity contribution in [3.63, 3.8) is 0 Å². The number of Topliss-reactive ketones (excluding diaryl/α,β-unsaturated/α-hetero) is 1. The molecule has 17 heavy (non-hydrogen) atoms. The van der Waals surface area contributed by atoms with Gasteiger partial charge in [0.15, 0.2) is 5.78 Å². The topological polar surface area (TPSA) is 74.7 Å². The van der Waals surface area contributed by atoms with Crippen molar-refractivity contribution in [3.05, 3.63) is 34.9 Å². The summed E-state index contributed by atoms with van der Waals surface area (Å²) in [6.07, 6.45) is 0. The van der Waals surface area contributed by atoms with E-state index in [-0.39, 0.29) is 28.4 Å². The number of aromatic carboxylic acids is 1. The van der Waals surface area contributed by atoms with Gasteiger partial charge in [-0.05, 0) is 25.1 Å². The van der Waals surface area contributed by atoms with E-state index < -0.39 is 5.97 Å². The fraction of sp³-hybridized carbons (Fsp3) is 0.250. The van der Waals surface area contributed by atoms with Gasteiger partial charge in [-0.15, -0.1) is 0 Å². The van der Waals surface area contributed by atoms with E-state index in [0.717, 1.165) is 0 Å². The molecule has 1 aromatic rings. The lowest BCUT2D eigenvalue weighted by atomic mass is 10.0. The van der Waals surface area contributed by atoms with E-state index >= 15 is 0 Å². The quantitative estimate of drug-likeness (QED) is 0.801. The predicted octanol–water partition coefficient (Wildman–Crippen LogP) is 1.29. The van der Waals surface area contributed by atoms with Gasteiger partial charge in [-0.3, -0.25) is 9.59 Å². The van der Waals surface area contributed by atoms with Gasteiger partial charge in [0.2, 0.25) is 0 Å². The van der Waals surface area contributed by atoms with Crippen molar-refractivity contribution in [2.24, 2.45) is 0 Å². The molecule has 0 unspecified atom stereocenters. The number of benzene rings is 1. The van der Waals surface area contributed by atoms with E-state index in [9.17, 15) is 14.4 Å². The summed E-state index contributed by atoms with van der Waals surface area (Å²) < 4.78 is 0. The Morgan fingerprint density at radius 1 is 1.00 bits per heavy atom. The summed E-state index contributed by atoms with van der Waals surface area (Å²) in [5, 5.41) is 8.90. The first-order chi connectivity index (χ1) is 7.82. The van der Waals surface area contributed by atoms with E-state index in [1.54, 1.807) is 14.1 Å². The molecule has 90 valence electrons. The van der Waals surface area contributed by atoms with Crippen molar-refractivity contribution in [2.45, 2.75) is 6.92 Å². The number of carbonyl (C=O) groups excluding carboxylic acids is 2. The van der Waals surface area contributed by atoms with Crippen LogP contribution >= 0.6 is 0 Å². The molecule has 0 aliphatic heterocycles. The van der Waals surface area contributed by atoms with Crippen molar-refractivity contribution in [3.8, 4) is 0 Å².